The molecule has 1 aromatic carbocycles. The van der Waals surface area contributed by atoms with Crippen LogP contribution in [0.5, 0.6) is 0 Å². The van der Waals surface area contributed by atoms with E-state index in [1.54, 1.807) is 0 Å². The standard InChI is InChI=1S/C13H13ClN2O2S/c1-8-4-6-9(7-5-8)16(2)13-15-11(14)10(19-13)12(17)18-3/h4-7H,1-3H3. The molecule has 0 atom stereocenters. The first-order valence-corrected chi connectivity index (χ1v) is 6.77. The van der Waals surface area contributed by atoms with Crippen LogP contribution in [0, 0.1) is 6.92 Å². The molecule has 4 nitrogen and oxygen atoms in total. The number of aryl methyl sites for hydroxylation is 1. The lowest BCUT2D eigenvalue weighted by molar-refractivity contribution is 0.0606. The first-order chi connectivity index (χ1) is 9.02. The highest BCUT2D eigenvalue weighted by Gasteiger charge is 2.19. The lowest BCUT2D eigenvalue weighted by atomic mass is 10.2. The third-order valence-corrected chi connectivity index (χ3v) is 4.15. The maximum atomic E-state index is 11.5. The Balaban J connectivity index is 2.31. The van der Waals surface area contributed by atoms with Gasteiger partial charge in [0.2, 0.25) is 0 Å². The second-order valence-corrected chi connectivity index (χ2v) is 5.34. The van der Waals surface area contributed by atoms with Gasteiger partial charge >= 0.3 is 5.97 Å². The van der Waals surface area contributed by atoms with Crippen LogP contribution < -0.4 is 4.90 Å². The normalized spacial score (nSPS) is 10.3. The van der Waals surface area contributed by atoms with E-state index in [9.17, 15) is 4.79 Å². The number of halogens is 1. The van der Waals surface area contributed by atoms with Gasteiger partial charge in [0.15, 0.2) is 15.2 Å². The Bertz CT molecular complexity index is 595. The highest BCUT2D eigenvalue weighted by Crippen LogP contribution is 2.33. The van der Waals surface area contributed by atoms with Crippen LogP contribution >= 0.6 is 22.9 Å². The quantitative estimate of drug-likeness (QED) is 0.811. The molecule has 100 valence electrons. The molecule has 6 heteroatoms. The molecular formula is C13H13ClN2O2S. The van der Waals surface area contributed by atoms with Crippen molar-refractivity contribution in [2.45, 2.75) is 6.92 Å². The van der Waals surface area contributed by atoms with Crippen molar-refractivity contribution >= 4 is 39.7 Å². The molecule has 0 aliphatic carbocycles. The number of esters is 1. The van der Waals surface area contributed by atoms with E-state index in [1.165, 1.54) is 24.0 Å². The van der Waals surface area contributed by atoms with E-state index >= 15 is 0 Å². The molecule has 0 spiro atoms. The van der Waals surface area contributed by atoms with Crippen molar-refractivity contribution in [3.63, 3.8) is 0 Å². The number of methoxy groups -OCH3 is 1. The van der Waals surface area contributed by atoms with E-state index in [0.717, 1.165) is 5.69 Å². The molecular weight excluding hydrogens is 284 g/mol. The van der Waals surface area contributed by atoms with Crippen molar-refractivity contribution in [3.8, 4) is 0 Å². The Morgan fingerprint density at radius 2 is 2.00 bits per heavy atom. The summed E-state index contributed by atoms with van der Waals surface area (Å²) in [7, 11) is 3.20. The average Bonchev–Trinajstić information content (AvgIpc) is 2.80. The number of rotatable bonds is 3. The third kappa shape index (κ3) is 2.88. The molecule has 0 aliphatic rings. The van der Waals surface area contributed by atoms with Gasteiger partial charge in [-0.3, -0.25) is 0 Å². The molecule has 0 bridgehead atoms. The minimum Gasteiger partial charge on any atom is -0.465 e. The molecule has 1 aromatic heterocycles. The summed E-state index contributed by atoms with van der Waals surface area (Å²) in [5.41, 5.74) is 2.16. The van der Waals surface area contributed by atoms with Gasteiger partial charge in [0.1, 0.15) is 0 Å². The van der Waals surface area contributed by atoms with Crippen LogP contribution in [0.15, 0.2) is 24.3 Å². The van der Waals surface area contributed by atoms with Crippen LogP contribution in [0.2, 0.25) is 5.15 Å². The molecule has 0 saturated carbocycles. The van der Waals surface area contributed by atoms with Crippen LogP contribution in [0.1, 0.15) is 15.2 Å². The van der Waals surface area contributed by atoms with Gasteiger partial charge in [-0.2, -0.15) is 0 Å². The Hall–Kier alpha value is -1.59. The van der Waals surface area contributed by atoms with Gasteiger partial charge in [-0.25, -0.2) is 9.78 Å². The van der Waals surface area contributed by atoms with Gasteiger partial charge in [0.25, 0.3) is 0 Å². The van der Waals surface area contributed by atoms with Crippen molar-refractivity contribution < 1.29 is 9.53 Å². The fourth-order valence-electron chi connectivity index (χ4n) is 1.53. The highest BCUT2D eigenvalue weighted by atomic mass is 35.5. The maximum absolute atomic E-state index is 11.5. The van der Waals surface area contributed by atoms with Gasteiger partial charge in [-0.05, 0) is 19.1 Å². The topological polar surface area (TPSA) is 42.4 Å². The largest absolute Gasteiger partial charge is 0.465 e. The molecule has 0 fully saturated rings. The first kappa shape index (κ1) is 13.8. The highest BCUT2D eigenvalue weighted by molar-refractivity contribution is 7.18. The van der Waals surface area contributed by atoms with E-state index in [0.29, 0.717) is 10.0 Å². The number of hydrogen-bond donors (Lipinski definition) is 0. The third-order valence-electron chi connectivity index (χ3n) is 2.65. The SMILES string of the molecule is COC(=O)c1sc(N(C)c2ccc(C)cc2)nc1Cl. The Labute approximate surface area is 120 Å². The molecule has 2 aromatic rings. The molecule has 2 rings (SSSR count). The Morgan fingerprint density at radius 3 is 2.58 bits per heavy atom. The lowest BCUT2D eigenvalue weighted by Gasteiger charge is -2.15. The number of benzene rings is 1. The fourth-order valence-corrected chi connectivity index (χ4v) is 2.71. The number of carbonyl (C=O) groups is 1. The summed E-state index contributed by atoms with van der Waals surface area (Å²) >= 11 is 7.15. The molecule has 0 aliphatic heterocycles. The summed E-state index contributed by atoms with van der Waals surface area (Å²) in [6.07, 6.45) is 0. The molecule has 0 amide bonds. The van der Waals surface area contributed by atoms with Gasteiger partial charge in [0.05, 0.1) is 7.11 Å². The van der Waals surface area contributed by atoms with Crippen LogP contribution in [-0.2, 0) is 4.74 Å². The molecule has 1 heterocycles. The summed E-state index contributed by atoms with van der Waals surface area (Å²) in [6.45, 7) is 2.03. The smallest absolute Gasteiger partial charge is 0.351 e. The summed E-state index contributed by atoms with van der Waals surface area (Å²) in [5, 5.41) is 0.820. The van der Waals surface area contributed by atoms with E-state index in [-0.39, 0.29) is 5.15 Å². The van der Waals surface area contributed by atoms with Crippen molar-refractivity contribution in [2.24, 2.45) is 0 Å². The van der Waals surface area contributed by atoms with Gasteiger partial charge < -0.3 is 9.64 Å². The summed E-state index contributed by atoms with van der Waals surface area (Å²) < 4.78 is 4.66. The first-order valence-electron chi connectivity index (χ1n) is 5.58. The Morgan fingerprint density at radius 1 is 1.37 bits per heavy atom. The second kappa shape index (κ2) is 5.59. The minimum atomic E-state index is -0.467. The van der Waals surface area contributed by atoms with Crippen LogP contribution in [0.3, 0.4) is 0 Å². The number of hydrogen-bond acceptors (Lipinski definition) is 5. The summed E-state index contributed by atoms with van der Waals surface area (Å²) in [5.74, 6) is -0.467. The zero-order chi connectivity index (χ0) is 14.0. The molecule has 0 radical (unpaired) electrons. The number of nitrogens with zero attached hydrogens (tertiary/aromatic N) is 2. The summed E-state index contributed by atoms with van der Waals surface area (Å²) in [6, 6.07) is 8.01. The fraction of sp³-hybridized carbons (Fsp3) is 0.231. The molecule has 0 saturated heterocycles. The van der Waals surface area contributed by atoms with E-state index in [2.05, 4.69) is 9.72 Å². The van der Waals surface area contributed by atoms with Crippen molar-refractivity contribution in [1.82, 2.24) is 4.98 Å². The summed E-state index contributed by atoms with van der Waals surface area (Å²) in [4.78, 5) is 17.9. The van der Waals surface area contributed by atoms with Crippen molar-refractivity contribution in [1.29, 1.82) is 0 Å². The lowest BCUT2D eigenvalue weighted by Crippen LogP contribution is -2.08. The van der Waals surface area contributed by atoms with Crippen molar-refractivity contribution in [3.05, 3.63) is 39.9 Å². The van der Waals surface area contributed by atoms with Crippen LogP contribution in [0.4, 0.5) is 10.8 Å². The van der Waals surface area contributed by atoms with E-state index < -0.39 is 5.97 Å². The molecule has 19 heavy (non-hydrogen) atoms. The minimum absolute atomic E-state index is 0.172. The number of anilines is 2. The van der Waals surface area contributed by atoms with Crippen LogP contribution in [-0.4, -0.2) is 25.1 Å². The van der Waals surface area contributed by atoms with Crippen LogP contribution in [0.25, 0.3) is 0 Å². The van der Waals surface area contributed by atoms with E-state index in [4.69, 9.17) is 11.6 Å². The Kier molecular flexibility index (Phi) is 4.07. The second-order valence-electron chi connectivity index (χ2n) is 4.00. The maximum Gasteiger partial charge on any atom is 0.351 e. The number of ether oxygens (including phenoxy) is 1. The van der Waals surface area contributed by atoms with Gasteiger partial charge in [-0.15, -0.1) is 0 Å². The van der Waals surface area contributed by atoms with Gasteiger partial charge in [-0.1, -0.05) is 40.6 Å². The van der Waals surface area contributed by atoms with Gasteiger partial charge in [0, 0.05) is 12.7 Å². The monoisotopic (exact) mass is 296 g/mol. The number of thiazole rings is 1. The number of carbonyl (C=O) groups excluding carboxylic acids is 1. The predicted octanol–water partition coefficient (Wildman–Crippen LogP) is 3.66. The molecule has 0 N–H and O–H groups in total. The average molecular weight is 297 g/mol. The predicted molar refractivity (Wildman–Crippen MR) is 77.7 cm³/mol. The van der Waals surface area contributed by atoms with E-state index in [1.807, 2.05) is 43.1 Å². The number of aromatic nitrogens is 1. The zero-order valence-electron chi connectivity index (χ0n) is 10.8. The van der Waals surface area contributed by atoms with Crippen molar-refractivity contribution in [2.75, 3.05) is 19.1 Å². The zero-order valence-corrected chi connectivity index (χ0v) is 12.4. The molecule has 0 unspecified atom stereocenters.